The van der Waals surface area contributed by atoms with Crippen LogP contribution in [0.5, 0.6) is 0 Å². The van der Waals surface area contributed by atoms with Gasteiger partial charge in [0.15, 0.2) is 11.7 Å². The fourth-order valence-electron chi connectivity index (χ4n) is 2.58. The molecule has 0 atom stereocenters. The molecule has 0 amide bonds. The van der Waals surface area contributed by atoms with Gasteiger partial charge in [0.25, 0.3) is 0 Å². The van der Waals surface area contributed by atoms with Gasteiger partial charge in [-0.1, -0.05) is 19.8 Å². The Hall–Kier alpha value is -2.69. The molecule has 0 bridgehead atoms. The van der Waals surface area contributed by atoms with Crippen LogP contribution in [0, 0.1) is 0 Å². The molecule has 0 aliphatic rings. The monoisotopic (exact) mass is 353 g/mol. The standard InChI is InChI=1S/C21H27N3O2/c1-2-19(25)8-5-3-4-6-9-21-24-16-20(26-21)17-10-12-18(13-11-17)23-15-7-14-22/h7,10-16H,2-6,8-9,22H2,1H3/b14-7-,23-15?. The summed E-state index contributed by atoms with van der Waals surface area (Å²) in [7, 11) is 0. The highest BCUT2D eigenvalue weighted by Crippen LogP contribution is 2.24. The number of rotatable bonds is 11. The first kappa shape index (κ1) is 19.6. The minimum absolute atomic E-state index is 0.356. The first-order valence-corrected chi connectivity index (χ1v) is 9.20. The highest BCUT2D eigenvalue weighted by atomic mass is 16.4. The van der Waals surface area contributed by atoms with Crippen LogP contribution in [0.15, 0.2) is 52.1 Å². The molecule has 2 rings (SSSR count). The molecule has 0 unspecified atom stereocenters. The summed E-state index contributed by atoms with van der Waals surface area (Å²) in [4.78, 5) is 19.9. The summed E-state index contributed by atoms with van der Waals surface area (Å²) in [5, 5.41) is 0. The fraction of sp³-hybridized carbons (Fsp3) is 0.381. The van der Waals surface area contributed by atoms with Crippen LogP contribution in [-0.2, 0) is 11.2 Å². The van der Waals surface area contributed by atoms with Crippen molar-refractivity contribution in [3.05, 3.63) is 48.6 Å². The van der Waals surface area contributed by atoms with Gasteiger partial charge in [-0.2, -0.15) is 0 Å². The SMILES string of the molecule is CCC(=O)CCCCCCc1ncc(-c2ccc(N=C/C=C\N)cc2)o1. The molecule has 0 aliphatic carbocycles. The third-order valence-corrected chi connectivity index (χ3v) is 4.12. The van der Waals surface area contributed by atoms with Gasteiger partial charge in [0.2, 0.25) is 0 Å². The maximum absolute atomic E-state index is 11.2. The minimum atomic E-state index is 0.356. The summed E-state index contributed by atoms with van der Waals surface area (Å²) in [6, 6.07) is 7.79. The molecule has 5 nitrogen and oxygen atoms in total. The van der Waals surface area contributed by atoms with Gasteiger partial charge >= 0.3 is 0 Å². The number of Topliss-reactive ketones (excluding diaryl/α,β-unsaturated/α-hetero) is 1. The summed E-state index contributed by atoms with van der Waals surface area (Å²) in [6.45, 7) is 1.92. The van der Waals surface area contributed by atoms with E-state index in [4.69, 9.17) is 10.2 Å². The van der Waals surface area contributed by atoms with Crippen molar-refractivity contribution in [1.29, 1.82) is 0 Å². The van der Waals surface area contributed by atoms with E-state index in [2.05, 4.69) is 9.98 Å². The maximum atomic E-state index is 11.2. The van der Waals surface area contributed by atoms with Crippen molar-refractivity contribution in [3.63, 3.8) is 0 Å². The third kappa shape index (κ3) is 6.67. The number of allylic oxidation sites excluding steroid dienone is 1. The molecule has 2 N–H and O–H groups in total. The van der Waals surface area contributed by atoms with E-state index in [1.54, 1.807) is 18.5 Å². The van der Waals surface area contributed by atoms with Gasteiger partial charge in [-0.25, -0.2) is 4.98 Å². The zero-order valence-electron chi connectivity index (χ0n) is 15.4. The average molecular weight is 353 g/mol. The molecule has 0 fully saturated rings. The number of hydrogen-bond donors (Lipinski definition) is 1. The second-order valence-electron chi connectivity index (χ2n) is 6.13. The van der Waals surface area contributed by atoms with Gasteiger partial charge in [-0.05, 0) is 49.4 Å². The normalized spacial score (nSPS) is 11.6. The molecule has 1 aromatic heterocycles. The Kier molecular flexibility index (Phi) is 8.33. The number of aliphatic imine (C=N–C) groups is 1. The summed E-state index contributed by atoms with van der Waals surface area (Å²) in [5.74, 6) is 1.89. The van der Waals surface area contributed by atoms with Gasteiger partial charge < -0.3 is 10.2 Å². The van der Waals surface area contributed by atoms with Crippen LogP contribution < -0.4 is 5.73 Å². The second-order valence-corrected chi connectivity index (χ2v) is 6.13. The van der Waals surface area contributed by atoms with Crippen LogP contribution in [0.1, 0.15) is 51.3 Å². The van der Waals surface area contributed by atoms with Crippen molar-refractivity contribution in [2.75, 3.05) is 0 Å². The molecule has 5 heteroatoms. The van der Waals surface area contributed by atoms with E-state index in [0.717, 1.165) is 55.0 Å². The average Bonchev–Trinajstić information content (AvgIpc) is 3.14. The van der Waals surface area contributed by atoms with E-state index in [-0.39, 0.29) is 0 Å². The van der Waals surface area contributed by atoms with E-state index >= 15 is 0 Å². The van der Waals surface area contributed by atoms with Crippen LogP contribution in [-0.4, -0.2) is 17.0 Å². The number of carbonyl (C=O) groups excluding carboxylic acids is 1. The molecule has 138 valence electrons. The van der Waals surface area contributed by atoms with Crippen LogP contribution in [0.2, 0.25) is 0 Å². The maximum Gasteiger partial charge on any atom is 0.194 e. The van der Waals surface area contributed by atoms with Crippen molar-refractivity contribution >= 4 is 17.7 Å². The second kappa shape index (κ2) is 11.0. The number of nitrogens with zero attached hydrogens (tertiary/aromatic N) is 2. The molecular formula is C21H27N3O2. The summed E-state index contributed by atoms with van der Waals surface area (Å²) in [5.41, 5.74) is 7.10. The zero-order chi connectivity index (χ0) is 18.6. The number of ketones is 1. The molecule has 1 aromatic carbocycles. The molecule has 26 heavy (non-hydrogen) atoms. The van der Waals surface area contributed by atoms with Gasteiger partial charge in [0.1, 0.15) is 5.78 Å². The molecule has 1 heterocycles. The number of oxazole rings is 1. The predicted octanol–water partition coefficient (Wildman–Crippen LogP) is 4.99. The van der Waals surface area contributed by atoms with Crippen LogP contribution in [0.25, 0.3) is 11.3 Å². The highest BCUT2D eigenvalue weighted by molar-refractivity contribution is 5.77. The van der Waals surface area contributed by atoms with E-state index < -0.39 is 0 Å². The number of hydrogen-bond acceptors (Lipinski definition) is 5. The Morgan fingerprint density at radius 1 is 1.19 bits per heavy atom. The molecule has 0 spiro atoms. The lowest BCUT2D eigenvalue weighted by Crippen LogP contribution is -1.94. The minimum Gasteiger partial charge on any atom is -0.441 e. The van der Waals surface area contributed by atoms with Crippen molar-refractivity contribution in [1.82, 2.24) is 4.98 Å². The molecule has 0 aliphatic heterocycles. The number of aryl methyl sites for hydroxylation is 1. The summed E-state index contributed by atoms with van der Waals surface area (Å²) < 4.78 is 5.84. The molecule has 2 aromatic rings. The zero-order valence-corrected chi connectivity index (χ0v) is 15.4. The number of nitrogens with two attached hydrogens (primary N) is 1. The van der Waals surface area contributed by atoms with Crippen LogP contribution in [0.4, 0.5) is 5.69 Å². The van der Waals surface area contributed by atoms with Crippen molar-refractivity contribution in [3.8, 4) is 11.3 Å². The quantitative estimate of drug-likeness (QED) is 0.456. The number of unbranched alkanes of at least 4 members (excludes halogenated alkanes) is 3. The van der Waals surface area contributed by atoms with Crippen LogP contribution in [0.3, 0.4) is 0 Å². The summed E-state index contributed by atoms with van der Waals surface area (Å²) >= 11 is 0. The topological polar surface area (TPSA) is 81.5 Å². The summed E-state index contributed by atoms with van der Waals surface area (Å²) in [6.07, 6.45) is 12.9. The predicted molar refractivity (Wildman–Crippen MR) is 106 cm³/mol. The lowest BCUT2D eigenvalue weighted by molar-refractivity contribution is -0.118. The van der Waals surface area contributed by atoms with E-state index in [1.165, 1.54) is 6.20 Å². The van der Waals surface area contributed by atoms with E-state index in [0.29, 0.717) is 18.6 Å². The van der Waals surface area contributed by atoms with Gasteiger partial charge in [-0.3, -0.25) is 9.79 Å². The number of aromatic nitrogens is 1. The third-order valence-electron chi connectivity index (χ3n) is 4.12. The van der Waals surface area contributed by atoms with Gasteiger partial charge in [-0.15, -0.1) is 0 Å². The Labute approximate surface area is 155 Å². The first-order valence-electron chi connectivity index (χ1n) is 9.20. The van der Waals surface area contributed by atoms with Crippen molar-refractivity contribution < 1.29 is 9.21 Å². The number of carbonyl (C=O) groups is 1. The van der Waals surface area contributed by atoms with Gasteiger partial charge in [0, 0.05) is 31.0 Å². The lowest BCUT2D eigenvalue weighted by atomic mass is 10.1. The molecule has 0 radical (unpaired) electrons. The van der Waals surface area contributed by atoms with Crippen LogP contribution >= 0.6 is 0 Å². The van der Waals surface area contributed by atoms with E-state index in [1.807, 2.05) is 31.2 Å². The molecule has 0 saturated carbocycles. The largest absolute Gasteiger partial charge is 0.441 e. The van der Waals surface area contributed by atoms with Crippen molar-refractivity contribution in [2.24, 2.45) is 10.7 Å². The van der Waals surface area contributed by atoms with Gasteiger partial charge in [0.05, 0.1) is 11.9 Å². The first-order chi connectivity index (χ1) is 12.7. The lowest BCUT2D eigenvalue weighted by Gasteiger charge is -2.00. The molecular weight excluding hydrogens is 326 g/mol. The van der Waals surface area contributed by atoms with Crippen molar-refractivity contribution in [2.45, 2.75) is 51.9 Å². The van der Waals surface area contributed by atoms with E-state index in [9.17, 15) is 4.79 Å². The Bertz CT molecular complexity index is 730. The Morgan fingerprint density at radius 2 is 1.96 bits per heavy atom. The molecule has 0 saturated heterocycles. The Morgan fingerprint density at radius 3 is 2.69 bits per heavy atom. The smallest absolute Gasteiger partial charge is 0.194 e. The highest BCUT2D eigenvalue weighted by Gasteiger charge is 2.06. The Balaban J connectivity index is 1.77. The number of benzene rings is 1. The fourth-order valence-corrected chi connectivity index (χ4v) is 2.58.